The van der Waals surface area contributed by atoms with Crippen LogP contribution in [0.2, 0.25) is 0 Å². The lowest BCUT2D eigenvalue weighted by atomic mass is 9.79. The van der Waals surface area contributed by atoms with E-state index in [0.29, 0.717) is 22.9 Å². The molecule has 0 bridgehead atoms. The molecule has 7 heteroatoms. The summed E-state index contributed by atoms with van der Waals surface area (Å²) in [5, 5.41) is 16.6. The first-order valence-electron chi connectivity index (χ1n) is 11.8. The fourth-order valence-corrected chi connectivity index (χ4v) is 4.65. The molecule has 0 spiro atoms. The molecule has 0 radical (unpaired) electrons. The third-order valence-electron chi connectivity index (χ3n) is 6.53. The van der Waals surface area contributed by atoms with Gasteiger partial charge in [-0.2, -0.15) is 5.26 Å². The number of hydrogen-bond acceptors (Lipinski definition) is 5. The molecule has 0 atom stereocenters. The van der Waals surface area contributed by atoms with E-state index in [4.69, 9.17) is 5.26 Å². The molecule has 7 nitrogen and oxygen atoms in total. The highest BCUT2D eigenvalue weighted by Crippen LogP contribution is 2.30. The van der Waals surface area contributed by atoms with Crippen LogP contribution in [0.5, 0.6) is 0 Å². The third kappa shape index (κ3) is 5.00. The van der Waals surface area contributed by atoms with Gasteiger partial charge < -0.3 is 10.6 Å². The lowest BCUT2D eigenvalue weighted by molar-refractivity contribution is 0.0918. The lowest BCUT2D eigenvalue weighted by Crippen LogP contribution is -2.38. The van der Waals surface area contributed by atoms with Crippen LogP contribution in [-0.4, -0.2) is 32.5 Å². The summed E-state index contributed by atoms with van der Waals surface area (Å²) >= 11 is 0. The number of nitrogens with one attached hydrogen (secondary N) is 2. The quantitative estimate of drug-likeness (QED) is 0.554. The molecule has 1 aliphatic rings. The second kappa shape index (κ2) is 9.62. The van der Waals surface area contributed by atoms with Gasteiger partial charge in [-0.1, -0.05) is 13.8 Å². The zero-order valence-corrected chi connectivity index (χ0v) is 19.8. The average Bonchev–Trinajstić information content (AvgIpc) is 3.22. The second-order valence-electron chi connectivity index (χ2n) is 9.65. The Morgan fingerprint density at radius 3 is 2.55 bits per heavy atom. The van der Waals surface area contributed by atoms with Gasteiger partial charge in [-0.15, -0.1) is 0 Å². The fourth-order valence-electron chi connectivity index (χ4n) is 4.65. The van der Waals surface area contributed by atoms with Gasteiger partial charge in [0, 0.05) is 42.1 Å². The Balaban J connectivity index is 1.58. The summed E-state index contributed by atoms with van der Waals surface area (Å²) < 4.78 is 1.87. The lowest BCUT2D eigenvalue weighted by Gasteiger charge is -2.31. The van der Waals surface area contributed by atoms with Crippen molar-refractivity contribution in [1.29, 1.82) is 5.26 Å². The summed E-state index contributed by atoms with van der Waals surface area (Å²) in [6.45, 7) is 8.66. The van der Waals surface area contributed by atoms with E-state index in [1.54, 1.807) is 12.4 Å². The monoisotopic (exact) mass is 444 g/mol. The van der Waals surface area contributed by atoms with E-state index < -0.39 is 0 Å². The summed E-state index contributed by atoms with van der Waals surface area (Å²) in [6.07, 6.45) is 9.47. The first kappa shape index (κ1) is 22.8. The Hall–Kier alpha value is -3.40. The molecule has 33 heavy (non-hydrogen) atoms. The largest absolute Gasteiger partial charge is 0.382 e. The van der Waals surface area contributed by atoms with Gasteiger partial charge in [-0.3, -0.25) is 9.36 Å². The molecule has 4 rings (SSSR count). The van der Waals surface area contributed by atoms with Crippen LogP contribution < -0.4 is 10.6 Å². The Morgan fingerprint density at radius 2 is 1.88 bits per heavy atom. The van der Waals surface area contributed by atoms with Crippen molar-refractivity contribution in [2.75, 3.05) is 5.32 Å². The van der Waals surface area contributed by atoms with Crippen molar-refractivity contribution in [3.8, 4) is 11.9 Å². The van der Waals surface area contributed by atoms with E-state index in [-0.39, 0.29) is 18.0 Å². The number of carbonyl (C=O) groups excluding carboxylic acids is 1. The number of amides is 1. The zero-order chi connectivity index (χ0) is 23.5. The molecule has 2 N–H and O–H groups in total. The number of hydrogen-bond donors (Lipinski definition) is 2. The number of rotatable bonds is 6. The molecule has 3 heterocycles. The van der Waals surface area contributed by atoms with E-state index in [2.05, 4.69) is 40.5 Å². The number of nitriles is 1. The molecule has 0 aliphatic heterocycles. The molecule has 1 amide bonds. The Morgan fingerprint density at radius 1 is 1.12 bits per heavy atom. The molecule has 3 aromatic rings. The van der Waals surface area contributed by atoms with Gasteiger partial charge in [0.15, 0.2) is 0 Å². The Bertz CT molecular complexity index is 1180. The summed E-state index contributed by atoms with van der Waals surface area (Å²) in [5.41, 5.74) is 2.54. The molecule has 1 aliphatic carbocycles. The van der Waals surface area contributed by atoms with Crippen LogP contribution in [0.3, 0.4) is 0 Å². The zero-order valence-electron chi connectivity index (χ0n) is 19.8. The maximum absolute atomic E-state index is 13.2. The van der Waals surface area contributed by atoms with E-state index >= 15 is 0 Å². The molecule has 172 valence electrons. The van der Waals surface area contributed by atoms with E-state index in [1.165, 1.54) is 0 Å². The van der Waals surface area contributed by atoms with Gasteiger partial charge in [-0.25, -0.2) is 9.97 Å². The highest BCUT2D eigenvalue weighted by atomic mass is 16.1. The van der Waals surface area contributed by atoms with Gasteiger partial charge in [0.05, 0.1) is 16.8 Å². The van der Waals surface area contributed by atoms with Crippen LogP contribution in [0, 0.1) is 23.2 Å². The van der Waals surface area contributed by atoms with Gasteiger partial charge in [0.2, 0.25) is 0 Å². The van der Waals surface area contributed by atoms with Crippen molar-refractivity contribution in [2.24, 2.45) is 11.8 Å². The molecule has 0 saturated heterocycles. The van der Waals surface area contributed by atoms with Crippen LogP contribution in [0.4, 0.5) is 5.69 Å². The van der Waals surface area contributed by atoms with Crippen molar-refractivity contribution in [2.45, 2.75) is 65.5 Å². The van der Waals surface area contributed by atoms with Crippen molar-refractivity contribution in [1.82, 2.24) is 19.9 Å². The predicted molar refractivity (Wildman–Crippen MR) is 130 cm³/mol. The smallest absolute Gasteiger partial charge is 0.255 e. The topological polar surface area (TPSA) is 95.6 Å². The van der Waals surface area contributed by atoms with Gasteiger partial charge in [0.25, 0.3) is 5.91 Å². The standard InChI is InChI=1S/C26H32N6O/c1-16(2)19-5-7-21(8-6-19)31-26(33)22-15-28-24(12-23(22)30-17(3)4)32-10-9-20-11-18(13-27)14-29-25(20)32/h9-12,14-17,19,21H,5-8H2,1-4H3,(H,28,30)(H,31,33). The first-order chi connectivity index (χ1) is 15.9. The van der Waals surface area contributed by atoms with Crippen molar-refractivity contribution in [3.05, 3.63) is 47.9 Å². The van der Waals surface area contributed by atoms with Gasteiger partial charge in [-0.05, 0) is 63.5 Å². The summed E-state index contributed by atoms with van der Waals surface area (Å²) in [5.74, 6) is 2.04. The molecule has 1 fully saturated rings. The highest BCUT2D eigenvalue weighted by molar-refractivity contribution is 5.99. The maximum atomic E-state index is 13.2. The van der Waals surface area contributed by atoms with Crippen LogP contribution in [0.15, 0.2) is 36.8 Å². The first-order valence-corrected chi connectivity index (χ1v) is 11.8. The van der Waals surface area contributed by atoms with E-state index in [0.717, 1.165) is 48.3 Å². The number of nitrogens with zero attached hydrogens (tertiary/aromatic N) is 4. The minimum Gasteiger partial charge on any atom is -0.382 e. The number of fused-ring (bicyclic) bond motifs is 1. The normalized spacial score (nSPS) is 18.5. The van der Waals surface area contributed by atoms with Crippen molar-refractivity contribution < 1.29 is 4.79 Å². The summed E-state index contributed by atoms with van der Waals surface area (Å²) in [4.78, 5) is 22.2. The minimum atomic E-state index is -0.0839. The third-order valence-corrected chi connectivity index (χ3v) is 6.53. The van der Waals surface area contributed by atoms with Crippen LogP contribution >= 0.6 is 0 Å². The summed E-state index contributed by atoms with van der Waals surface area (Å²) in [7, 11) is 0. The van der Waals surface area contributed by atoms with Crippen LogP contribution in [-0.2, 0) is 0 Å². The number of aromatic nitrogens is 3. The SMILES string of the molecule is CC(C)Nc1cc(-n2ccc3cc(C#N)cnc32)ncc1C(=O)NC1CCC(C(C)C)CC1. The van der Waals surface area contributed by atoms with Crippen molar-refractivity contribution >= 4 is 22.6 Å². The molecule has 3 aromatic heterocycles. The fraction of sp³-hybridized carbons (Fsp3) is 0.462. The van der Waals surface area contributed by atoms with E-state index in [9.17, 15) is 4.79 Å². The van der Waals surface area contributed by atoms with Gasteiger partial charge in [0.1, 0.15) is 17.5 Å². The van der Waals surface area contributed by atoms with E-state index in [1.807, 2.05) is 42.8 Å². The van der Waals surface area contributed by atoms with Crippen LogP contribution in [0.1, 0.15) is 69.3 Å². The second-order valence-corrected chi connectivity index (χ2v) is 9.65. The molecule has 0 unspecified atom stereocenters. The molecule has 1 saturated carbocycles. The Kier molecular flexibility index (Phi) is 6.64. The number of pyridine rings is 2. The minimum absolute atomic E-state index is 0.0839. The maximum Gasteiger partial charge on any atom is 0.255 e. The number of carbonyl (C=O) groups is 1. The predicted octanol–water partition coefficient (Wildman–Crippen LogP) is 5.06. The summed E-state index contributed by atoms with van der Waals surface area (Å²) in [6, 6.07) is 8.10. The molecule has 0 aromatic carbocycles. The van der Waals surface area contributed by atoms with Crippen LogP contribution in [0.25, 0.3) is 16.9 Å². The molecular formula is C26H32N6O. The highest BCUT2D eigenvalue weighted by Gasteiger charge is 2.25. The van der Waals surface area contributed by atoms with Gasteiger partial charge >= 0.3 is 0 Å². The number of anilines is 1. The average molecular weight is 445 g/mol. The molecular weight excluding hydrogens is 412 g/mol. The Labute approximate surface area is 195 Å². The van der Waals surface area contributed by atoms with Crippen molar-refractivity contribution in [3.63, 3.8) is 0 Å².